The van der Waals surface area contributed by atoms with Crippen LogP contribution in [-0.2, 0) is 16.0 Å². The van der Waals surface area contributed by atoms with Gasteiger partial charge in [0, 0.05) is 11.1 Å². The van der Waals surface area contributed by atoms with Crippen LogP contribution in [0.15, 0.2) is 66.9 Å². The molecule has 0 saturated heterocycles. The lowest BCUT2D eigenvalue weighted by Gasteiger charge is -2.09. The quantitative estimate of drug-likeness (QED) is 0.512. The van der Waals surface area contributed by atoms with Gasteiger partial charge in [0.2, 0.25) is 11.8 Å². The standard InChI is InChI=1S/C21H18N4O2/c26-20(11-15-6-3-5-14-4-1-2-7-18(14)15)22-13-21(27)24-17-8-9-19-16(10-17)12-23-25-19/h1-10,12H,11,13H2,(H,22,26)(H,23,25)(H,24,27). The van der Waals surface area contributed by atoms with E-state index in [0.29, 0.717) is 5.69 Å². The van der Waals surface area contributed by atoms with Crippen molar-refractivity contribution in [3.8, 4) is 0 Å². The number of hydrogen-bond donors (Lipinski definition) is 3. The highest BCUT2D eigenvalue weighted by atomic mass is 16.2. The van der Waals surface area contributed by atoms with Gasteiger partial charge in [-0.25, -0.2) is 0 Å². The van der Waals surface area contributed by atoms with Crippen LogP contribution in [0.4, 0.5) is 5.69 Å². The van der Waals surface area contributed by atoms with Crippen molar-refractivity contribution in [2.45, 2.75) is 6.42 Å². The largest absolute Gasteiger partial charge is 0.347 e. The van der Waals surface area contributed by atoms with Crippen LogP contribution in [0, 0.1) is 0 Å². The number of carbonyl (C=O) groups excluding carboxylic acids is 2. The summed E-state index contributed by atoms with van der Waals surface area (Å²) < 4.78 is 0. The fourth-order valence-electron chi connectivity index (χ4n) is 3.09. The number of carbonyl (C=O) groups is 2. The van der Waals surface area contributed by atoms with Gasteiger partial charge in [0.15, 0.2) is 0 Å². The Morgan fingerprint density at radius 3 is 2.70 bits per heavy atom. The molecule has 3 N–H and O–H groups in total. The van der Waals surface area contributed by atoms with E-state index in [1.165, 1.54) is 0 Å². The predicted molar refractivity (Wildman–Crippen MR) is 105 cm³/mol. The SMILES string of the molecule is O=C(Cc1cccc2ccccc12)NCC(=O)Nc1ccc2[nH]ncc2c1. The molecule has 1 aromatic heterocycles. The molecule has 0 aliphatic heterocycles. The van der Waals surface area contributed by atoms with Gasteiger partial charge in [-0.1, -0.05) is 42.5 Å². The van der Waals surface area contributed by atoms with E-state index in [-0.39, 0.29) is 24.8 Å². The number of aromatic nitrogens is 2. The lowest BCUT2D eigenvalue weighted by molar-refractivity contribution is -0.123. The minimum Gasteiger partial charge on any atom is -0.347 e. The number of aromatic amines is 1. The van der Waals surface area contributed by atoms with Crippen molar-refractivity contribution in [1.29, 1.82) is 0 Å². The number of nitrogens with zero attached hydrogens (tertiary/aromatic N) is 1. The third-order valence-corrected chi connectivity index (χ3v) is 4.40. The van der Waals surface area contributed by atoms with E-state index in [4.69, 9.17) is 0 Å². The summed E-state index contributed by atoms with van der Waals surface area (Å²) in [5.41, 5.74) is 2.50. The van der Waals surface area contributed by atoms with E-state index in [1.54, 1.807) is 12.3 Å². The smallest absolute Gasteiger partial charge is 0.243 e. The van der Waals surface area contributed by atoms with Crippen molar-refractivity contribution >= 4 is 39.2 Å². The van der Waals surface area contributed by atoms with Crippen molar-refractivity contribution in [1.82, 2.24) is 15.5 Å². The number of nitrogens with one attached hydrogen (secondary N) is 3. The van der Waals surface area contributed by atoms with Gasteiger partial charge >= 0.3 is 0 Å². The molecule has 0 aliphatic carbocycles. The van der Waals surface area contributed by atoms with E-state index < -0.39 is 0 Å². The Balaban J connectivity index is 1.35. The molecule has 3 aromatic carbocycles. The zero-order valence-corrected chi connectivity index (χ0v) is 14.5. The van der Waals surface area contributed by atoms with Crippen LogP contribution < -0.4 is 10.6 Å². The summed E-state index contributed by atoms with van der Waals surface area (Å²) in [6, 6.07) is 19.3. The molecule has 1 heterocycles. The van der Waals surface area contributed by atoms with Gasteiger partial charge in [0.1, 0.15) is 0 Å². The molecule has 0 spiro atoms. The van der Waals surface area contributed by atoms with Gasteiger partial charge in [-0.15, -0.1) is 0 Å². The fraction of sp³-hybridized carbons (Fsp3) is 0.0952. The molecule has 0 bridgehead atoms. The first kappa shape index (κ1) is 16.8. The van der Waals surface area contributed by atoms with E-state index >= 15 is 0 Å². The van der Waals surface area contributed by atoms with E-state index in [0.717, 1.165) is 27.2 Å². The lowest BCUT2D eigenvalue weighted by atomic mass is 10.0. The van der Waals surface area contributed by atoms with E-state index in [1.807, 2.05) is 54.6 Å². The second kappa shape index (κ2) is 7.29. The second-order valence-electron chi connectivity index (χ2n) is 6.31. The van der Waals surface area contributed by atoms with Crippen LogP contribution in [-0.4, -0.2) is 28.6 Å². The molecule has 2 amide bonds. The Morgan fingerprint density at radius 1 is 0.926 bits per heavy atom. The summed E-state index contributed by atoms with van der Waals surface area (Å²) >= 11 is 0. The topological polar surface area (TPSA) is 86.9 Å². The predicted octanol–water partition coefficient (Wildman–Crippen LogP) is 3.01. The summed E-state index contributed by atoms with van der Waals surface area (Å²) in [6.07, 6.45) is 1.92. The molecular weight excluding hydrogens is 340 g/mol. The third kappa shape index (κ3) is 3.79. The number of anilines is 1. The lowest BCUT2D eigenvalue weighted by Crippen LogP contribution is -2.33. The molecule has 6 nitrogen and oxygen atoms in total. The van der Waals surface area contributed by atoms with Gasteiger partial charge in [-0.05, 0) is 34.5 Å². The maximum absolute atomic E-state index is 12.2. The van der Waals surface area contributed by atoms with Crippen LogP contribution in [0.5, 0.6) is 0 Å². The molecule has 0 unspecified atom stereocenters. The Kier molecular flexibility index (Phi) is 4.53. The van der Waals surface area contributed by atoms with Crippen molar-refractivity contribution in [2.24, 2.45) is 0 Å². The van der Waals surface area contributed by atoms with Gasteiger partial charge in [0.05, 0.1) is 24.7 Å². The summed E-state index contributed by atoms with van der Waals surface area (Å²) in [4.78, 5) is 24.4. The molecule has 4 rings (SSSR count). The van der Waals surface area contributed by atoms with E-state index in [2.05, 4.69) is 20.8 Å². The summed E-state index contributed by atoms with van der Waals surface area (Å²) in [7, 11) is 0. The number of fused-ring (bicyclic) bond motifs is 2. The average Bonchev–Trinajstić information content (AvgIpc) is 3.14. The minimum absolute atomic E-state index is 0.0764. The summed E-state index contributed by atoms with van der Waals surface area (Å²) in [5, 5.41) is 15.3. The molecule has 27 heavy (non-hydrogen) atoms. The molecule has 6 heteroatoms. The van der Waals surface area contributed by atoms with Gasteiger partial charge in [-0.2, -0.15) is 5.10 Å². The molecule has 0 fully saturated rings. The number of H-pyrrole nitrogens is 1. The fourth-order valence-corrected chi connectivity index (χ4v) is 3.09. The minimum atomic E-state index is -0.274. The van der Waals surface area contributed by atoms with Crippen LogP contribution in [0.25, 0.3) is 21.7 Å². The normalized spacial score (nSPS) is 10.8. The van der Waals surface area contributed by atoms with Gasteiger partial charge in [0.25, 0.3) is 0 Å². The Labute approximate surface area is 155 Å². The maximum Gasteiger partial charge on any atom is 0.243 e. The van der Waals surface area contributed by atoms with Crippen LogP contribution in [0.2, 0.25) is 0 Å². The first-order valence-corrected chi connectivity index (χ1v) is 8.65. The molecule has 4 aromatic rings. The summed E-state index contributed by atoms with van der Waals surface area (Å²) in [5.74, 6) is -0.462. The van der Waals surface area contributed by atoms with Crippen molar-refractivity contribution in [3.05, 3.63) is 72.4 Å². The highest BCUT2D eigenvalue weighted by Gasteiger charge is 2.09. The molecular formula is C21H18N4O2. The Bertz CT molecular complexity index is 1130. The third-order valence-electron chi connectivity index (χ3n) is 4.40. The number of hydrogen-bond acceptors (Lipinski definition) is 3. The van der Waals surface area contributed by atoms with Crippen molar-refractivity contribution < 1.29 is 9.59 Å². The molecule has 0 aliphatic rings. The van der Waals surface area contributed by atoms with Crippen LogP contribution in [0.1, 0.15) is 5.56 Å². The number of amides is 2. The highest BCUT2D eigenvalue weighted by molar-refractivity contribution is 5.97. The molecule has 0 atom stereocenters. The van der Waals surface area contributed by atoms with Crippen LogP contribution >= 0.6 is 0 Å². The zero-order chi connectivity index (χ0) is 18.6. The highest BCUT2D eigenvalue weighted by Crippen LogP contribution is 2.19. The number of benzene rings is 3. The second-order valence-corrected chi connectivity index (χ2v) is 6.31. The van der Waals surface area contributed by atoms with Crippen LogP contribution in [0.3, 0.4) is 0 Å². The first-order valence-electron chi connectivity index (χ1n) is 8.65. The van der Waals surface area contributed by atoms with Crippen molar-refractivity contribution in [3.63, 3.8) is 0 Å². The first-order chi connectivity index (χ1) is 13.2. The molecule has 0 saturated carbocycles. The monoisotopic (exact) mass is 358 g/mol. The Hall–Kier alpha value is -3.67. The maximum atomic E-state index is 12.2. The van der Waals surface area contributed by atoms with Gasteiger partial charge < -0.3 is 10.6 Å². The summed E-state index contributed by atoms with van der Waals surface area (Å²) in [6.45, 7) is -0.0764. The average molecular weight is 358 g/mol. The van der Waals surface area contributed by atoms with E-state index in [9.17, 15) is 9.59 Å². The zero-order valence-electron chi connectivity index (χ0n) is 14.5. The van der Waals surface area contributed by atoms with Crippen molar-refractivity contribution in [2.75, 3.05) is 11.9 Å². The molecule has 0 radical (unpaired) electrons. The van der Waals surface area contributed by atoms with Gasteiger partial charge in [-0.3, -0.25) is 14.7 Å². The Morgan fingerprint density at radius 2 is 1.78 bits per heavy atom. The molecule has 134 valence electrons. The number of rotatable bonds is 5.